The molecular formula is C32H33F2N5O4. The van der Waals surface area contributed by atoms with Crippen molar-refractivity contribution in [2.75, 3.05) is 31.5 Å². The number of carbonyl (C=O) groups excluding carboxylic acids is 2. The molecule has 1 saturated heterocycles. The molecule has 2 aromatic heterocycles. The van der Waals surface area contributed by atoms with E-state index >= 15 is 0 Å². The largest absolute Gasteiger partial charge is 0.454 e. The molecule has 0 aliphatic carbocycles. The molecule has 2 aromatic carbocycles. The molecule has 4 N–H and O–H groups in total. The number of halogens is 2. The number of ether oxygens (including phenoxy) is 1. The molecule has 0 unspecified atom stereocenters. The number of benzene rings is 2. The van der Waals surface area contributed by atoms with Crippen LogP contribution in [0, 0.1) is 18.6 Å². The summed E-state index contributed by atoms with van der Waals surface area (Å²) in [5.74, 6) is -2.03. The van der Waals surface area contributed by atoms with Crippen LogP contribution in [0.2, 0.25) is 0 Å². The lowest BCUT2D eigenvalue weighted by Crippen LogP contribution is -2.37. The van der Waals surface area contributed by atoms with Crippen molar-refractivity contribution in [2.24, 2.45) is 0 Å². The number of nitrogens with zero attached hydrogens (tertiary/aromatic N) is 2. The molecule has 1 aliphatic heterocycles. The third kappa shape index (κ3) is 7.82. The second-order valence-corrected chi connectivity index (χ2v) is 10.5. The highest BCUT2D eigenvalue weighted by molar-refractivity contribution is 6.04. The van der Waals surface area contributed by atoms with E-state index in [1.807, 2.05) is 0 Å². The number of piperidine rings is 1. The second kappa shape index (κ2) is 13.6. The Bertz CT molecular complexity index is 1600. The Kier molecular flexibility index (Phi) is 9.43. The number of aliphatic hydroxyl groups is 1. The SMILES string of the molecule is Cc1ccc(F)c(NC(=O)c2ccc(F)c(Oc3ccnc(-c4cc(C(=O)NCCCN5CCC(O)CC5)c[nH]4)c3)c2)c1. The van der Waals surface area contributed by atoms with Crippen LogP contribution >= 0.6 is 0 Å². The summed E-state index contributed by atoms with van der Waals surface area (Å²) in [7, 11) is 0. The number of hydrogen-bond donors (Lipinski definition) is 4. The molecule has 43 heavy (non-hydrogen) atoms. The number of carbonyl (C=O) groups is 2. The van der Waals surface area contributed by atoms with Gasteiger partial charge in [0.2, 0.25) is 0 Å². The summed E-state index contributed by atoms with van der Waals surface area (Å²) in [4.78, 5) is 35.0. The number of aromatic nitrogens is 2. The molecule has 11 heteroatoms. The minimum absolute atomic E-state index is 0.0218. The van der Waals surface area contributed by atoms with Gasteiger partial charge >= 0.3 is 0 Å². The lowest BCUT2D eigenvalue weighted by molar-refractivity contribution is 0.0816. The molecule has 9 nitrogen and oxygen atoms in total. The van der Waals surface area contributed by atoms with Crippen LogP contribution in [0.25, 0.3) is 11.4 Å². The van der Waals surface area contributed by atoms with Crippen molar-refractivity contribution in [1.82, 2.24) is 20.2 Å². The maximum absolute atomic E-state index is 14.6. The topological polar surface area (TPSA) is 120 Å². The number of likely N-dealkylation sites (tertiary alicyclic amines) is 1. The third-order valence-corrected chi connectivity index (χ3v) is 7.24. The van der Waals surface area contributed by atoms with Crippen molar-refractivity contribution in [1.29, 1.82) is 0 Å². The molecule has 4 aromatic rings. The molecule has 0 atom stereocenters. The fourth-order valence-corrected chi connectivity index (χ4v) is 4.82. The van der Waals surface area contributed by atoms with E-state index in [0.717, 1.165) is 50.5 Å². The number of aromatic amines is 1. The first kappa shape index (κ1) is 29.9. The first-order chi connectivity index (χ1) is 20.7. The van der Waals surface area contributed by atoms with Crippen LogP contribution in [0.4, 0.5) is 14.5 Å². The zero-order valence-electron chi connectivity index (χ0n) is 23.7. The van der Waals surface area contributed by atoms with Gasteiger partial charge in [-0.2, -0.15) is 0 Å². The molecule has 3 heterocycles. The van der Waals surface area contributed by atoms with Crippen molar-refractivity contribution in [3.63, 3.8) is 0 Å². The maximum Gasteiger partial charge on any atom is 0.255 e. The summed E-state index contributed by atoms with van der Waals surface area (Å²) in [6.45, 7) is 4.91. The Labute approximate surface area is 247 Å². The van der Waals surface area contributed by atoms with E-state index in [1.54, 1.807) is 31.3 Å². The van der Waals surface area contributed by atoms with Gasteiger partial charge in [-0.1, -0.05) is 6.07 Å². The Morgan fingerprint density at radius 3 is 2.63 bits per heavy atom. The van der Waals surface area contributed by atoms with Gasteiger partial charge in [0.15, 0.2) is 11.6 Å². The summed E-state index contributed by atoms with van der Waals surface area (Å²) in [6.07, 6.45) is 5.25. The fraction of sp³-hybridized carbons (Fsp3) is 0.281. The van der Waals surface area contributed by atoms with Crippen molar-refractivity contribution >= 4 is 17.5 Å². The summed E-state index contributed by atoms with van der Waals surface area (Å²) in [5, 5.41) is 15.0. The predicted octanol–water partition coefficient (Wildman–Crippen LogP) is 5.28. The van der Waals surface area contributed by atoms with Crippen LogP contribution in [-0.4, -0.2) is 64.1 Å². The van der Waals surface area contributed by atoms with Gasteiger partial charge in [-0.25, -0.2) is 8.78 Å². The van der Waals surface area contributed by atoms with Gasteiger partial charge in [0.1, 0.15) is 11.6 Å². The number of aliphatic hydroxyl groups excluding tert-OH is 1. The van der Waals surface area contributed by atoms with E-state index < -0.39 is 17.5 Å². The highest BCUT2D eigenvalue weighted by Gasteiger charge is 2.17. The Balaban J connectivity index is 1.19. The zero-order chi connectivity index (χ0) is 30.3. The van der Waals surface area contributed by atoms with E-state index in [9.17, 15) is 23.5 Å². The number of anilines is 1. The van der Waals surface area contributed by atoms with E-state index in [4.69, 9.17) is 4.74 Å². The molecule has 0 radical (unpaired) electrons. The van der Waals surface area contributed by atoms with Crippen LogP contribution in [0.5, 0.6) is 11.5 Å². The van der Waals surface area contributed by atoms with Gasteiger partial charge in [-0.15, -0.1) is 0 Å². The highest BCUT2D eigenvalue weighted by atomic mass is 19.1. The van der Waals surface area contributed by atoms with Crippen LogP contribution in [0.3, 0.4) is 0 Å². The van der Waals surface area contributed by atoms with E-state index in [2.05, 4.69) is 25.5 Å². The molecule has 0 spiro atoms. The minimum Gasteiger partial charge on any atom is -0.454 e. The first-order valence-electron chi connectivity index (χ1n) is 14.1. The number of amides is 2. The van der Waals surface area contributed by atoms with Crippen molar-refractivity contribution in [3.05, 3.63) is 95.3 Å². The highest BCUT2D eigenvalue weighted by Crippen LogP contribution is 2.29. The quantitative estimate of drug-likeness (QED) is 0.187. The second-order valence-electron chi connectivity index (χ2n) is 10.5. The van der Waals surface area contributed by atoms with E-state index in [0.29, 0.717) is 23.5 Å². The molecule has 2 amide bonds. The number of pyridine rings is 1. The van der Waals surface area contributed by atoms with Gasteiger partial charge in [0.05, 0.1) is 28.7 Å². The fourth-order valence-electron chi connectivity index (χ4n) is 4.82. The third-order valence-electron chi connectivity index (χ3n) is 7.24. The van der Waals surface area contributed by atoms with Crippen LogP contribution in [-0.2, 0) is 0 Å². The zero-order valence-corrected chi connectivity index (χ0v) is 23.7. The Morgan fingerprint density at radius 1 is 1.02 bits per heavy atom. The van der Waals surface area contributed by atoms with Gasteiger partial charge in [-0.05, 0) is 80.8 Å². The number of H-pyrrole nitrogens is 1. The van der Waals surface area contributed by atoms with Gasteiger partial charge < -0.3 is 30.4 Å². The van der Waals surface area contributed by atoms with Crippen LogP contribution < -0.4 is 15.4 Å². The molecule has 1 aliphatic rings. The van der Waals surface area contributed by atoms with Crippen molar-refractivity contribution in [2.45, 2.75) is 32.3 Å². The average Bonchev–Trinajstić information content (AvgIpc) is 3.50. The summed E-state index contributed by atoms with van der Waals surface area (Å²) in [5.41, 5.74) is 2.35. The predicted molar refractivity (Wildman–Crippen MR) is 158 cm³/mol. The smallest absolute Gasteiger partial charge is 0.255 e. The van der Waals surface area contributed by atoms with Gasteiger partial charge in [0.25, 0.3) is 11.8 Å². The number of hydrogen-bond acceptors (Lipinski definition) is 6. The summed E-state index contributed by atoms with van der Waals surface area (Å²) >= 11 is 0. The standard InChI is InChI=1S/C32H33F2N5O4/c1-20-3-5-25(33)27(15-20)38-32(42)21-4-6-26(34)30(17-21)43-24-7-11-35-29(18-24)28-16-22(19-37-28)31(41)36-10-2-12-39-13-8-23(40)9-14-39/h3-7,11,15-19,23,37,40H,2,8-10,12-14H2,1H3,(H,36,41)(H,38,42). The molecule has 224 valence electrons. The maximum atomic E-state index is 14.6. The molecule has 1 fully saturated rings. The van der Waals surface area contributed by atoms with Crippen molar-refractivity contribution in [3.8, 4) is 22.9 Å². The Hall–Kier alpha value is -4.61. The number of aryl methyl sites for hydroxylation is 1. The van der Waals surface area contributed by atoms with Crippen molar-refractivity contribution < 1.29 is 28.2 Å². The molecule has 0 bridgehead atoms. The first-order valence-corrected chi connectivity index (χ1v) is 14.1. The van der Waals surface area contributed by atoms with Gasteiger partial charge in [0, 0.05) is 43.7 Å². The summed E-state index contributed by atoms with van der Waals surface area (Å²) in [6, 6.07) is 12.8. The van der Waals surface area contributed by atoms with Gasteiger partial charge in [-0.3, -0.25) is 14.6 Å². The number of nitrogens with one attached hydrogen (secondary N) is 3. The van der Waals surface area contributed by atoms with Crippen LogP contribution in [0.15, 0.2) is 67.0 Å². The molecule has 0 saturated carbocycles. The van der Waals surface area contributed by atoms with Crippen LogP contribution in [0.1, 0.15) is 45.5 Å². The summed E-state index contributed by atoms with van der Waals surface area (Å²) < 4.78 is 34.5. The minimum atomic E-state index is -0.687. The normalized spacial score (nSPS) is 14.0. The number of rotatable bonds is 10. The molecule has 5 rings (SSSR count). The lowest BCUT2D eigenvalue weighted by Gasteiger charge is -2.29. The molecular weight excluding hydrogens is 556 g/mol. The Morgan fingerprint density at radius 2 is 1.81 bits per heavy atom. The monoisotopic (exact) mass is 589 g/mol. The van der Waals surface area contributed by atoms with E-state index in [-0.39, 0.29) is 34.8 Å². The van der Waals surface area contributed by atoms with E-state index in [1.165, 1.54) is 36.5 Å². The average molecular weight is 590 g/mol. The lowest BCUT2D eigenvalue weighted by atomic mass is 10.1.